The van der Waals surface area contributed by atoms with Gasteiger partial charge in [0, 0.05) is 49.4 Å². The molecule has 4 heterocycles. The van der Waals surface area contributed by atoms with Crippen LogP contribution in [0.5, 0.6) is 11.5 Å². The van der Waals surface area contributed by atoms with Crippen molar-refractivity contribution in [3.05, 3.63) is 222 Å². The van der Waals surface area contributed by atoms with E-state index in [2.05, 4.69) is 146 Å². The lowest BCUT2D eigenvalue weighted by Gasteiger charge is -2.39. The van der Waals surface area contributed by atoms with Gasteiger partial charge in [-0.1, -0.05) is 146 Å². The quantitative estimate of drug-likeness (QED) is 0.176. The molecule has 14 rings (SSSR count). The molecule has 1 spiro atoms. The van der Waals surface area contributed by atoms with Crippen molar-refractivity contribution in [2.75, 3.05) is 0 Å². The molecule has 2 aliphatic rings. The van der Waals surface area contributed by atoms with Crippen molar-refractivity contribution in [3.8, 4) is 67.9 Å². The van der Waals surface area contributed by atoms with Crippen LogP contribution in [0.25, 0.3) is 100 Å². The molecule has 3 aromatic heterocycles. The Balaban J connectivity index is 0.911. The molecular weight excluding hydrogens is 787 g/mol. The highest BCUT2D eigenvalue weighted by molar-refractivity contribution is 6.13. The lowest BCUT2D eigenvalue weighted by Crippen LogP contribution is -2.32. The van der Waals surface area contributed by atoms with Crippen molar-refractivity contribution >= 4 is 43.9 Å². The van der Waals surface area contributed by atoms with Crippen LogP contribution in [0.2, 0.25) is 0 Å². The largest absolute Gasteiger partial charge is 0.457 e. The molecule has 0 N–H and O–H groups in total. The maximum atomic E-state index is 6.70. The first-order valence-electron chi connectivity index (χ1n) is 21.5. The predicted octanol–water partition coefficient (Wildman–Crippen LogP) is 14.8. The average molecular weight is 820 g/mol. The highest BCUT2D eigenvalue weighted by Crippen LogP contribution is 2.62. The molecule has 0 saturated carbocycles. The molecule has 6 nitrogen and oxygen atoms in total. The topological polar surface area (TPSA) is 74.2 Å². The summed E-state index contributed by atoms with van der Waals surface area (Å²) < 4.78 is 19.5. The standard InChI is InChI=1S/C58H33N3O3/c1-2-13-34(14-3-1)55-59-56(36-25-28-41-40-16-5-9-21-48(40)62-52(41)32-36)61-57(60-55)37-26-29-42-53(33-37)64-51-24-12-17-38(54(42)51)35-27-30-45-43(31-35)39-15-4-6-18-44(39)58(45)46-19-7-10-22-49(46)63-50-23-11-8-20-47(50)58/h1-33H. The Morgan fingerprint density at radius 2 is 0.844 bits per heavy atom. The van der Waals surface area contributed by atoms with E-state index in [0.29, 0.717) is 17.5 Å². The first-order chi connectivity index (χ1) is 31.7. The van der Waals surface area contributed by atoms with E-state index >= 15 is 0 Å². The Hall–Kier alpha value is -8.61. The average Bonchev–Trinajstić information content (AvgIpc) is 4.02. The molecule has 0 amide bonds. The zero-order valence-corrected chi connectivity index (χ0v) is 34.1. The van der Waals surface area contributed by atoms with Crippen LogP contribution >= 0.6 is 0 Å². The van der Waals surface area contributed by atoms with Crippen molar-refractivity contribution < 1.29 is 13.6 Å². The molecule has 298 valence electrons. The summed E-state index contributed by atoms with van der Waals surface area (Å²) in [4.78, 5) is 15.1. The summed E-state index contributed by atoms with van der Waals surface area (Å²) in [5.41, 5.74) is 14.7. The Bertz CT molecular complexity index is 3860. The summed E-state index contributed by atoms with van der Waals surface area (Å²) in [5.74, 6) is 3.47. The smallest absolute Gasteiger partial charge is 0.164 e. The number of ether oxygens (including phenoxy) is 1. The lowest BCUT2D eigenvalue weighted by molar-refractivity contribution is 0.436. The number of benzene rings is 9. The monoisotopic (exact) mass is 819 g/mol. The summed E-state index contributed by atoms with van der Waals surface area (Å²) in [6.45, 7) is 0. The molecule has 64 heavy (non-hydrogen) atoms. The van der Waals surface area contributed by atoms with Gasteiger partial charge in [0.25, 0.3) is 0 Å². The number of rotatable bonds is 4. The van der Waals surface area contributed by atoms with Crippen LogP contribution in [0.3, 0.4) is 0 Å². The predicted molar refractivity (Wildman–Crippen MR) is 254 cm³/mol. The molecule has 1 aliphatic carbocycles. The molecule has 6 heteroatoms. The fourth-order valence-corrected chi connectivity index (χ4v) is 10.4. The second kappa shape index (κ2) is 13.2. The van der Waals surface area contributed by atoms with Crippen molar-refractivity contribution in [1.29, 1.82) is 0 Å². The Labute approximate surface area is 366 Å². The summed E-state index contributed by atoms with van der Waals surface area (Å²) in [6, 6.07) is 69.7. The zero-order valence-electron chi connectivity index (χ0n) is 34.1. The van der Waals surface area contributed by atoms with Crippen molar-refractivity contribution in [1.82, 2.24) is 15.0 Å². The second-order valence-corrected chi connectivity index (χ2v) is 16.6. The van der Waals surface area contributed by atoms with Crippen LogP contribution in [0, 0.1) is 0 Å². The van der Waals surface area contributed by atoms with E-state index in [-0.39, 0.29) is 0 Å². The molecule has 0 saturated heterocycles. The third-order valence-corrected chi connectivity index (χ3v) is 13.2. The van der Waals surface area contributed by atoms with Crippen LogP contribution in [0.1, 0.15) is 22.3 Å². The van der Waals surface area contributed by atoms with E-state index in [4.69, 9.17) is 28.5 Å². The third-order valence-electron chi connectivity index (χ3n) is 13.2. The lowest BCUT2D eigenvalue weighted by atomic mass is 9.66. The summed E-state index contributed by atoms with van der Waals surface area (Å²) in [5, 5.41) is 4.21. The number of nitrogens with zero attached hydrogens (tertiary/aromatic N) is 3. The van der Waals surface area contributed by atoms with Crippen LogP contribution in [0.4, 0.5) is 0 Å². The molecule has 0 bridgehead atoms. The molecule has 1 aliphatic heterocycles. The number of hydrogen-bond acceptors (Lipinski definition) is 6. The minimum absolute atomic E-state index is 0.518. The fraction of sp³-hybridized carbons (Fsp3) is 0.0172. The maximum Gasteiger partial charge on any atom is 0.164 e. The fourth-order valence-electron chi connectivity index (χ4n) is 10.4. The highest BCUT2D eigenvalue weighted by atomic mass is 16.5. The van der Waals surface area contributed by atoms with Crippen LogP contribution < -0.4 is 4.74 Å². The van der Waals surface area contributed by atoms with E-state index in [1.165, 1.54) is 22.3 Å². The molecule has 0 fully saturated rings. The van der Waals surface area contributed by atoms with Gasteiger partial charge in [0.2, 0.25) is 0 Å². The summed E-state index contributed by atoms with van der Waals surface area (Å²) >= 11 is 0. The van der Waals surface area contributed by atoms with E-state index in [9.17, 15) is 0 Å². The SMILES string of the molecule is c1ccc(-c2nc(-c3ccc4c(c3)oc3ccccc34)nc(-c3ccc4c(c3)oc3cccc(-c5ccc6c(c5)-c5ccccc5C65c6ccccc6Oc6ccccc65)c34)n2)cc1. The molecule has 0 atom stereocenters. The molecule has 12 aromatic rings. The number of aromatic nitrogens is 3. The highest BCUT2D eigenvalue weighted by Gasteiger charge is 2.51. The van der Waals surface area contributed by atoms with E-state index in [0.717, 1.165) is 94.3 Å². The zero-order chi connectivity index (χ0) is 41.9. The van der Waals surface area contributed by atoms with Gasteiger partial charge in [0.05, 0.1) is 5.41 Å². The third kappa shape index (κ3) is 4.93. The second-order valence-electron chi connectivity index (χ2n) is 16.6. The van der Waals surface area contributed by atoms with Gasteiger partial charge >= 0.3 is 0 Å². The van der Waals surface area contributed by atoms with E-state index in [1.54, 1.807) is 0 Å². The number of hydrogen-bond donors (Lipinski definition) is 0. The van der Waals surface area contributed by atoms with E-state index in [1.807, 2.05) is 54.6 Å². The van der Waals surface area contributed by atoms with Gasteiger partial charge < -0.3 is 13.6 Å². The summed E-state index contributed by atoms with van der Waals surface area (Å²) in [6.07, 6.45) is 0. The van der Waals surface area contributed by atoms with Gasteiger partial charge in [0.1, 0.15) is 33.8 Å². The summed E-state index contributed by atoms with van der Waals surface area (Å²) in [7, 11) is 0. The minimum atomic E-state index is -0.518. The Morgan fingerprint density at radius 3 is 1.61 bits per heavy atom. The number of para-hydroxylation sites is 3. The van der Waals surface area contributed by atoms with Gasteiger partial charge in [-0.3, -0.25) is 0 Å². The molecule has 0 unspecified atom stereocenters. The van der Waals surface area contributed by atoms with Crippen molar-refractivity contribution in [3.63, 3.8) is 0 Å². The molecule has 0 radical (unpaired) electrons. The molecular formula is C58H33N3O3. The number of fused-ring (bicyclic) bond motifs is 15. The van der Waals surface area contributed by atoms with Crippen LogP contribution in [0.15, 0.2) is 209 Å². The Morgan fingerprint density at radius 1 is 0.312 bits per heavy atom. The number of furan rings is 2. The molecule has 9 aromatic carbocycles. The first kappa shape index (κ1) is 35.0. The van der Waals surface area contributed by atoms with Crippen molar-refractivity contribution in [2.45, 2.75) is 5.41 Å². The minimum Gasteiger partial charge on any atom is -0.457 e. The van der Waals surface area contributed by atoms with Gasteiger partial charge in [-0.25, -0.2) is 15.0 Å². The van der Waals surface area contributed by atoms with Crippen molar-refractivity contribution in [2.24, 2.45) is 0 Å². The van der Waals surface area contributed by atoms with Gasteiger partial charge in [-0.15, -0.1) is 0 Å². The van der Waals surface area contributed by atoms with Gasteiger partial charge in [0.15, 0.2) is 17.5 Å². The maximum absolute atomic E-state index is 6.70. The van der Waals surface area contributed by atoms with Crippen LogP contribution in [-0.2, 0) is 5.41 Å². The normalized spacial score (nSPS) is 13.2. The van der Waals surface area contributed by atoms with Gasteiger partial charge in [-0.2, -0.15) is 0 Å². The Kier molecular flexibility index (Phi) is 7.22. The van der Waals surface area contributed by atoms with Gasteiger partial charge in [-0.05, 0) is 88.0 Å². The van der Waals surface area contributed by atoms with E-state index < -0.39 is 5.41 Å². The first-order valence-corrected chi connectivity index (χ1v) is 21.5. The van der Waals surface area contributed by atoms with Crippen LogP contribution in [-0.4, -0.2) is 15.0 Å².